The number of ether oxygens (including phenoxy) is 1. The fourth-order valence-corrected chi connectivity index (χ4v) is 4.16. The minimum atomic E-state index is -0.0480. The SMILES string of the molecule is CC(C)c1noc(C2=NCN(c3nn4cc(COc5ccc(C(=O)N(C)C)cc5)nc4s3)C=C2)n1. The normalized spacial score (nSPS) is 13.5. The molecule has 0 saturated carbocycles. The van der Waals surface area contributed by atoms with Gasteiger partial charge in [0.25, 0.3) is 11.8 Å². The number of benzene rings is 1. The van der Waals surface area contributed by atoms with Crippen molar-refractivity contribution in [2.45, 2.75) is 26.4 Å². The van der Waals surface area contributed by atoms with E-state index in [1.165, 1.54) is 16.2 Å². The molecule has 0 atom stereocenters. The summed E-state index contributed by atoms with van der Waals surface area (Å²) in [6, 6.07) is 7.06. The summed E-state index contributed by atoms with van der Waals surface area (Å²) in [5.74, 6) is 1.89. The predicted molar refractivity (Wildman–Crippen MR) is 131 cm³/mol. The molecule has 1 aromatic carbocycles. The highest BCUT2D eigenvalue weighted by Crippen LogP contribution is 2.25. The summed E-state index contributed by atoms with van der Waals surface area (Å²) in [5, 5.41) is 9.37. The maximum atomic E-state index is 12.0. The number of imidazole rings is 1. The van der Waals surface area contributed by atoms with Crippen molar-refractivity contribution in [2.75, 3.05) is 25.7 Å². The molecule has 5 rings (SSSR count). The molecule has 35 heavy (non-hydrogen) atoms. The molecule has 0 radical (unpaired) electrons. The lowest BCUT2D eigenvalue weighted by Gasteiger charge is -2.17. The van der Waals surface area contributed by atoms with Crippen molar-refractivity contribution >= 4 is 33.0 Å². The highest BCUT2D eigenvalue weighted by Gasteiger charge is 2.19. The van der Waals surface area contributed by atoms with Gasteiger partial charge in [-0.05, 0) is 30.3 Å². The topological polar surface area (TPSA) is 114 Å². The summed E-state index contributed by atoms with van der Waals surface area (Å²) in [4.78, 5) is 29.8. The number of fused-ring (bicyclic) bond motifs is 1. The molecule has 3 aromatic heterocycles. The minimum Gasteiger partial charge on any atom is -0.487 e. The van der Waals surface area contributed by atoms with Gasteiger partial charge in [0.15, 0.2) is 5.82 Å². The van der Waals surface area contributed by atoms with Crippen LogP contribution in [-0.4, -0.2) is 62.0 Å². The number of carbonyl (C=O) groups excluding carboxylic acids is 1. The maximum Gasteiger partial charge on any atom is 0.276 e. The Morgan fingerprint density at radius 1 is 1.23 bits per heavy atom. The number of rotatable bonds is 7. The van der Waals surface area contributed by atoms with Crippen LogP contribution in [0.3, 0.4) is 0 Å². The summed E-state index contributed by atoms with van der Waals surface area (Å²) in [6.45, 7) is 4.71. The van der Waals surface area contributed by atoms with Crippen LogP contribution in [0.25, 0.3) is 4.96 Å². The summed E-state index contributed by atoms with van der Waals surface area (Å²) in [7, 11) is 3.45. The Hall–Kier alpha value is -4.06. The third kappa shape index (κ3) is 4.78. The van der Waals surface area contributed by atoms with Crippen molar-refractivity contribution in [2.24, 2.45) is 4.99 Å². The average Bonchev–Trinajstić information content (AvgIpc) is 3.58. The lowest BCUT2D eigenvalue weighted by Crippen LogP contribution is -2.21. The lowest BCUT2D eigenvalue weighted by molar-refractivity contribution is 0.0827. The van der Waals surface area contributed by atoms with E-state index < -0.39 is 0 Å². The number of hydrogen-bond donors (Lipinski definition) is 0. The molecule has 11 nitrogen and oxygen atoms in total. The first-order valence-corrected chi connectivity index (χ1v) is 11.8. The van der Waals surface area contributed by atoms with E-state index in [0.717, 1.165) is 15.8 Å². The van der Waals surface area contributed by atoms with Crippen LogP contribution in [0, 0.1) is 0 Å². The summed E-state index contributed by atoms with van der Waals surface area (Å²) >= 11 is 1.46. The number of carbonyl (C=O) groups is 1. The Kier molecular flexibility index (Phi) is 6.03. The highest BCUT2D eigenvalue weighted by atomic mass is 32.1. The number of anilines is 1. The maximum absolute atomic E-state index is 12.0. The van der Waals surface area contributed by atoms with Gasteiger partial charge < -0.3 is 19.1 Å². The molecule has 180 valence electrons. The van der Waals surface area contributed by atoms with E-state index in [-0.39, 0.29) is 11.8 Å². The van der Waals surface area contributed by atoms with Gasteiger partial charge in [0.2, 0.25) is 10.1 Å². The Morgan fingerprint density at radius 2 is 2.03 bits per heavy atom. The molecule has 0 fully saturated rings. The van der Waals surface area contributed by atoms with E-state index in [0.29, 0.717) is 42.0 Å². The Balaban J connectivity index is 1.20. The first-order chi connectivity index (χ1) is 16.9. The number of nitrogens with zero attached hydrogens (tertiary/aromatic N) is 8. The van der Waals surface area contributed by atoms with Gasteiger partial charge in [0.05, 0.1) is 11.9 Å². The molecule has 0 aliphatic carbocycles. The van der Waals surface area contributed by atoms with Gasteiger partial charge in [-0.3, -0.25) is 9.79 Å². The fourth-order valence-electron chi connectivity index (χ4n) is 3.28. The summed E-state index contributed by atoms with van der Waals surface area (Å²) < 4.78 is 12.9. The Labute approximate surface area is 205 Å². The van der Waals surface area contributed by atoms with E-state index in [1.54, 1.807) is 42.9 Å². The molecular formula is C23H24N8O3S. The second-order valence-electron chi connectivity index (χ2n) is 8.44. The predicted octanol–water partition coefficient (Wildman–Crippen LogP) is 3.36. The van der Waals surface area contributed by atoms with Crippen molar-refractivity contribution in [3.63, 3.8) is 0 Å². The molecule has 1 aliphatic rings. The van der Waals surface area contributed by atoms with Gasteiger partial charge in [0.1, 0.15) is 24.7 Å². The summed E-state index contributed by atoms with van der Waals surface area (Å²) in [5.41, 5.74) is 2.03. The Morgan fingerprint density at radius 3 is 2.66 bits per heavy atom. The van der Waals surface area contributed by atoms with E-state index in [1.807, 2.05) is 37.2 Å². The number of hydrogen-bond acceptors (Lipinski definition) is 10. The number of aromatic nitrogens is 5. The second-order valence-corrected chi connectivity index (χ2v) is 9.37. The van der Waals surface area contributed by atoms with E-state index in [2.05, 4.69) is 25.2 Å². The van der Waals surface area contributed by atoms with Crippen molar-refractivity contribution in [3.8, 4) is 5.75 Å². The second kappa shape index (κ2) is 9.29. The number of aliphatic imine (C=N–C) groups is 1. The first kappa shape index (κ1) is 22.7. The molecule has 12 heteroatoms. The third-order valence-corrected chi connectivity index (χ3v) is 6.16. The average molecular weight is 493 g/mol. The molecule has 0 bridgehead atoms. The molecule has 0 saturated heterocycles. The zero-order valence-electron chi connectivity index (χ0n) is 19.7. The van der Waals surface area contributed by atoms with Crippen LogP contribution in [0.2, 0.25) is 0 Å². The molecule has 0 spiro atoms. The van der Waals surface area contributed by atoms with Gasteiger partial charge in [-0.25, -0.2) is 9.50 Å². The van der Waals surface area contributed by atoms with Crippen LogP contribution >= 0.6 is 11.3 Å². The highest BCUT2D eigenvalue weighted by molar-refractivity contribution is 7.20. The van der Waals surface area contributed by atoms with Crippen molar-refractivity contribution in [3.05, 3.63) is 65.7 Å². The van der Waals surface area contributed by atoms with Gasteiger partial charge in [-0.1, -0.05) is 30.3 Å². The molecule has 4 aromatic rings. The van der Waals surface area contributed by atoms with Gasteiger partial charge in [-0.15, -0.1) is 5.10 Å². The Bertz CT molecular complexity index is 1380. The molecule has 1 aliphatic heterocycles. The number of amides is 1. The van der Waals surface area contributed by atoms with Crippen LogP contribution in [0.5, 0.6) is 5.75 Å². The largest absolute Gasteiger partial charge is 0.487 e. The van der Waals surface area contributed by atoms with Gasteiger partial charge in [0, 0.05) is 31.8 Å². The first-order valence-electron chi connectivity index (χ1n) is 11.0. The minimum absolute atomic E-state index is 0.0480. The molecule has 0 N–H and O–H groups in total. The van der Waals surface area contributed by atoms with Crippen LogP contribution < -0.4 is 9.64 Å². The zero-order chi connectivity index (χ0) is 24.5. The molecule has 0 unspecified atom stereocenters. The van der Waals surface area contributed by atoms with E-state index in [9.17, 15) is 4.79 Å². The van der Waals surface area contributed by atoms with Crippen LogP contribution in [0.4, 0.5) is 5.13 Å². The van der Waals surface area contributed by atoms with E-state index in [4.69, 9.17) is 9.26 Å². The van der Waals surface area contributed by atoms with Crippen molar-refractivity contribution < 1.29 is 14.1 Å². The van der Waals surface area contributed by atoms with Crippen molar-refractivity contribution in [1.82, 2.24) is 29.6 Å². The monoisotopic (exact) mass is 492 g/mol. The van der Waals surface area contributed by atoms with Crippen LogP contribution in [-0.2, 0) is 6.61 Å². The van der Waals surface area contributed by atoms with Gasteiger partial charge >= 0.3 is 0 Å². The molecular weight excluding hydrogens is 468 g/mol. The van der Waals surface area contributed by atoms with E-state index >= 15 is 0 Å². The smallest absolute Gasteiger partial charge is 0.276 e. The molecule has 1 amide bonds. The standard InChI is InChI=1S/C23H24N8O3S/c1-14(2)19-26-20(34-28-19)18-9-10-30(13-24-18)23-27-31-11-16(25-22(31)35-23)12-33-17-7-5-15(6-8-17)21(32)29(3)4/h5-11,14H,12-13H2,1-4H3. The fraction of sp³-hybridized carbons (Fsp3) is 0.304. The quantitative estimate of drug-likeness (QED) is 0.386. The van der Waals surface area contributed by atoms with Crippen molar-refractivity contribution in [1.29, 1.82) is 0 Å². The molecule has 4 heterocycles. The lowest BCUT2D eigenvalue weighted by atomic mass is 10.2. The van der Waals surface area contributed by atoms with Crippen LogP contribution in [0.1, 0.15) is 47.5 Å². The zero-order valence-corrected chi connectivity index (χ0v) is 20.6. The van der Waals surface area contributed by atoms with Gasteiger partial charge in [-0.2, -0.15) is 4.98 Å². The number of allylic oxidation sites excluding steroid dienone is 1. The third-order valence-electron chi connectivity index (χ3n) is 5.21. The van der Waals surface area contributed by atoms with Crippen LogP contribution in [0.15, 0.2) is 52.3 Å². The summed E-state index contributed by atoms with van der Waals surface area (Å²) in [6.07, 6.45) is 5.57.